The van der Waals surface area contributed by atoms with E-state index in [1.165, 1.54) is 0 Å². The molecule has 0 spiro atoms. The molecule has 0 aliphatic carbocycles. The first-order valence-corrected chi connectivity index (χ1v) is 4.38. The van der Waals surface area contributed by atoms with Gasteiger partial charge < -0.3 is 11.1 Å². The van der Waals surface area contributed by atoms with Crippen molar-refractivity contribution in [2.45, 2.75) is 6.42 Å². The summed E-state index contributed by atoms with van der Waals surface area (Å²) < 4.78 is 1.60. The lowest BCUT2D eigenvalue weighted by Gasteiger charge is -2.04. The Morgan fingerprint density at radius 3 is 3.21 bits per heavy atom. The van der Waals surface area contributed by atoms with Crippen molar-refractivity contribution in [2.75, 3.05) is 18.4 Å². The van der Waals surface area contributed by atoms with E-state index < -0.39 is 0 Å². The molecule has 14 heavy (non-hydrogen) atoms. The van der Waals surface area contributed by atoms with Crippen LogP contribution in [-0.4, -0.2) is 38.1 Å². The maximum Gasteiger partial charge on any atom is 0.199 e. The van der Waals surface area contributed by atoms with Gasteiger partial charge in [-0.15, -0.1) is 5.10 Å². The Morgan fingerprint density at radius 2 is 2.36 bits per heavy atom. The average molecular weight is 193 g/mol. The van der Waals surface area contributed by atoms with Crippen LogP contribution in [0.2, 0.25) is 0 Å². The van der Waals surface area contributed by atoms with Gasteiger partial charge in [-0.05, 0) is 23.4 Å². The zero-order chi connectivity index (χ0) is 9.80. The molecule has 74 valence electrons. The zero-order valence-electron chi connectivity index (χ0n) is 7.59. The number of nitrogens with two attached hydrogens (primary N) is 1. The van der Waals surface area contributed by atoms with Gasteiger partial charge in [0.05, 0.1) is 12.4 Å². The fourth-order valence-corrected chi connectivity index (χ4v) is 1.11. The Labute approximate surface area is 80.3 Å². The Kier molecular flexibility index (Phi) is 2.50. The number of tetrazole rings is 1. The van der Waals surface area contributed by atoms with Crippen LogP contribution in [0.5, 0.6) is 0 Å². The number of rotatable bonds is 4. The second-order valence-electron chi connectivity index (χ2n) is 2.81. The first-order chi connectivity index (χ1) is 6.92. The van der Waals surface area contributed by atoms with Crippen LogP contribution < -0.4 is 11.1 Å². The van der Waals surface area contributed by atoms with E-state index in [9.17, 15) is 0 Å². The maximum atomic E-state index is 5.38. The largest absolute Gasteiger partial charge is 0.369 e. The quantitative estimate of drug-likeness (QED) is 0.622. The number of hydrogen-bond acceptors (Lipinski definition) is 6. The molecule has 3 N–H and O–H groups in total. The minimum atomic E-state index is 0.628. The monoisotopic (exact) mass is 193 g/mol. The molecule has 0 bridgehead atoms. The van der Waals surface area contributed by atoms with E-state index >= 15 is 0 Å². The van der Waals surface area contributed by atoms with Crippen molar-refractivity contribution < 1.29 is 0 Å². The highest BCUT2D eigenvalue weighted by Gasteiger charge is 2.01. The van der Waals surface area contributed by atoms with Gasteiger partial charge in [0.25, 0.3) is 0 Å². The van der Waals surface area contributed by atoms with Crippen LogP contribution in [0.4, 0.5) is 5.82 Å². The van der Waals surface area contributed by atoms with E-state index in [0.717, 1.165) is 18.8 Å². The Morgan fingerprint density at radius 1 is 1.43 bits per heavy atom. The number of nitrogens with one attached hydrogen (secondary N) is 1. The lowest BCUT2D eigenvalue weighted by molar-refractivity contribution is 0.808. The molecular formula is C7H11N7. The van der Waals surface area contributed by atoms with Crippen molar-refractivity contribution in [3.05, 3.63) is 12.4 Å². The van der Waals surface area contributed by atoms with Crippen molar-refractivity contribution in [1.29, 1.82) is 0 Å². The van der Waals surface area contributed by atoms with E-state index in [0.29, 0.717) is 12.2 Å². The van der Waals surface area contributed by atoms with Crippen molar-refractivity contribution in [1.82, 2.24) is 25.0 Å². The first kappa shape index (κ1) is 8.82. The third kappa shape index (κ3) is 1.62. The minimum absolute atomic E-state index is 0.628. The summed E-state index contributed by atoms with van der Waals surface area (Å²) >= 11 is 0. The van der Waals surface area contributed by atoms with Gasteiger partial charge in [-0.2, -0.15) is 4.52 Å². The highest BCUT2D eigenvalue weighted by Crippen LogP contribution is 2.04. The van der Waals surface area contributed by atoms with Gasteiger partial charge in [-0.1, -0.05) is 0 Å². The predicted molar refractivity (Wildman–Crippen MR) is 50.7 cm³/mol. The summed E-state index contributed by atoms with van der Waals surface area (Å²) in [5.41, 5.74) is 6.01. The molecule has 0 saturated heterocycles. The smallest absolute Gasteiger partial charge is 0.199 e. The Balaban J connectivity index is 2.19. The van der Waals surface area contributed by atoms with E-state index in [4.69, 9.17) is 5.73 Å². The van der Waals surface area contributed by atoms with Crippen LogP contribution in [0.15, 0.2) is 12.4 Å². The molecule has 2 aromatic heterocycles. The van der Waals surface area contributed by atoms with Crippen LogP contribution in [0.25, 0.3) is 5.65 Å². The van der Waals surface area contributed by atoms with Crippen molar-refractivity contribution in [2.24, 2.45) is 5.73 Å². The average Bonchev–Trinajstić information content (AvgIpc) is 2.67. The third-order valence-electron chi connectivity index (χ3n) is 1.80. The van der Waals surface area contributed by atoms with E-state index in [1.807, 2.05) is 0 Å². The molecule has 0 aliphatic heterocycles. The fraction of sp³-hybridized carbons (Fsp3) is 0.429. The van der Waals surface area contributed by atoms with Gasteiger partial charge in [-0.3, -0.25) is 4.98 Å². The number of fused-ring (bicyclic) bond motifs is 1. The lowest BCUT2D eigenvalue weighted by atomic mass is 10.4. The van der Waals surface area contributed by atoms with Gasteiger partial charge in [0, 0.05) is 6.54 Å². The van der Waals surface area contributed by atoms with Gasteiger partial charge in [0.1, 0.15) is 5.82 Å². The summed E-state index contributed by atoms with van der Waals surface area (Å²) in [5, 5.41) is 14.3. The minimum Gasteiger partial charge on any atom is -0.369 e. The summed E-state index contributed by atoms with van der Waals surface area (Å²) in [6, 6.07) is 0. The molecule has 2 aromatic rings. The van der Waals surface area contributed by atoms with Crippen LogP contribution in [0.3, 0.4) is 0 Å². The summed E-state index contributed by atoms with van der Waals surface area (Å²) in [5.74, 6) is 0.779. The molecule has 0 radical (unpaired) electrons. The number of aromatic nitrogens is 5. The molecule has 0 aromatic carbocycles. The summed E-state index contributed by atoms with van der Waals surface area (Å²) in [7, 11) is 0. The second kappa shape index (κ2) is 3.97. The predicted octanol–water partition coefficient (Wildman–Crippen LogP) is -0.720. The molecule has 0 fully saturated rings. The molecule has 0 unspecified atom stereocenters. The molecule has 2 heterocycles. The van der Waals surface area contributed by atoms with E-state index in [1.54, 1.807) is 16.9 Å². The summed E-state index contributed by atoms with van der Waals surface area (Å²) in [6.45, 7) is 1.45. The van der Waals surface area contributed by atoms with Crippen LogP contribution in [0.1, 0.15) is 6.42 Å². The summed E-state index contributed by atoms with van der Waals surface area (Å²) in [4.78, 5) is 4.01. The first-order valence-electron chi connectivity index (χ1n) is 4.38. The normalized spacial score (nSPS) is 10.6. The van der Waals surface area contributed by atoms with E-state index in [-0.39, 0.29) is 0 Å². The third-order valence-corrected chi connectivity index (χ3v) is 1.80. The molecular weight excluding hydrogens is 182 g/mol. The van der Waals surface area contributed by atoms with Crippen molar-refractivity contribution in [3.63, 3.8) is 0 Å². The number of hydrogen-bond donors (Lipinski definition) is 2. The second-order valence-corrected chi connectivity index (χ2v) is 2.81. The SMILES string of the molecule is NCCCNc1cncc2nnnn12. The van der Waals surface area contributed by atoms with Crippen LogP contribution in [0, 0.1) is 0 Å². The van der Waals surface area contributed by atoms with Gasteiger partial charge in [0.15, 0.2) is 5.65 Å². The molecule has 7 nitrogen and oxygen atoms in total. The van der Waals surface area contributed by atoms with Gasteiger partial charge >= 0.3 is 0 Å². The molecule has 0 amide bonds. The number of anilines is 1. The molecule has 0 atom stereocenters. The van der Waals surface area contributed by atoms with E-state index in [2.05, 4.69) is 25.8 Å². The highest BCUT2D eigenvalue weighted by atomic mass is 15.5. The Hall–Kier alpha value is -1.76. The Bertz CT molecular complexity index is 409. The van der Waals surface area contributed by atoms with Crippen LogP contribution in [-0.2, 0) is 0 Å². The van der Waals surface area contributed by atoms with Crippen molar-refractivity contribution in [3.8, 4) is 0 Å². The fourth-order valence-electron chi connectivity index (χ4n) is 1.11. The molecule has 0 saturated carbocycles. The molecule has 2 rings (SSSR count). The maximum absolute atomic E-state index is 5.38. The van der Waals surface area contributed by atoms with Gasteiger partial charge in [-0.25, -0.2) is 0 Å². The lowest BCUT2D eigenvalue weighted by Crippen LogP contribution is -2.11. The topological polar surface area (TPSA) is 94.0 Å². The summed E-state index contributed by atoms with van der Waals surface area (Å²) in [6.07, 6.45) is 4.19. The number of nitrogens with zero attached hydrogens (tertiary/aromatic N) is 5. The highest BCUT2D eigenvalue weighted by molar-refractivity contribution is 5.43. The molecule has 0 aliphatic rings. The standard InChI is InChI=1S/C7H11N7/c8-2-1-3-10-6-4-9-5-7-11-12-13-14(6)7/h4-5,10H,1-3,8H2. The van der Waals surface area contributed by atoms with Crippen molar-refractivity contribution >= 4 is 11.5 Å². The van der Waals surface area contributed by atoms with Gasteiger partial charge in [0.2, 0.25) is 0 Å². The molecule has 7 heteroatoms. The van der Waals surface area contributed by atoms with Crippen LogP contribution >= 0.6 is 0 Å². The zero-order valence-corrected chi connectivity index (χ0v) is 7.59.